The molecular weight excluding hydrogens is 287 g/mol. The lowest BCUT2D eigenvalue weighted by Crippen LogP contribution is -1.51. The van der Waals surface area contributed by atoms with Gasteiger partial charge in [0.25, 0.3) is 0 Å². The number of hydrogen-bond acceptors (Lipinski definition) is 0. The van der Waals surface area contributed by atoms with E-state index in [0.717, 1.165) is 19.3 Å². The molecule has 0 aliphatic heterocycles. The molecule has 0 atom stereocenters. The van der Waals surface area contributed by atoms with Crippen molar-refractivity contribution in [2.24, 2.45) is 0 Å². The van der Waals surface area contributed by atoms with Crippen molar-refractivity contribution < 1.29 is 0 Å². The van der Waals surface area contributed by atoms with E-state index in [1.807, 2.05) is 0 Å². The van der Waals surface area contributed by atoms with Gasteiger partial charge in [0.05, 0.1) is 0 Å². The van der Waals surface area contributed by atoms with E-state index in [2.05, 4.69) is 75.5 Å². The van der Waals surface area contributed by atoms with E-state index in [1.54, 1.807) is 0 Å². The lowest BCUT2D eigenvalue weighted by atomic mass is 10.3. The highest BCUT2D eigenvalue weighted by atomic mass is 35.5. The normalized spacial score (nSPS) is 16.6. The third-order valence-corrected chi connectivity index (χ3v) is 2.87. The van der Waals surface area contributed by atoms with Crippen LogP contribution in [-0.4, -0.2) is 0 Å². The Morgan fingerprint density at radius 3 is 0.850 bits per heavy atom. The summed E-state index contributed by atoms with van der Waals surface area (Å²) in [5.41, 5.74) is 4.19. The molecule has 0 fully saturated rings. The van der Waals surface area contributed by atoms with Gasteiger partial charge >= 0.3 is 0 Å². The average Bonchev–Trinajstić information content (AvgIpc) is 3.05. The van der Waals surface area contributed by atoms with Crippen molar-refractivity contribution in [2.75, 3.05) is 0 Å². The summed E-state index contributed by atoms with van der Waals surface area (Å²) >= 11 is 0. The fourth-order valence-corrected chi connectivity index (χ4v) is 1.73. The van der Waals surface area contributed by atoms with Gasteiger partial charge in [-0.3, -0.25) is 0 Å². The first-order chi connectivity index (χ1) is 8.68. The summed E-state index contributed by atoms with van der Waals surface area (Å²) in [7, 11) is 0. The lowest BCUT2D eigenvalue weighted by Gasteiger charge is -1.72. The van der Waals surface area contributed by atoms with Gasteiger partial charge < -0.3 is 0 Å². The van der Waals surface area contributed by atoms with Gasteiger partial charge in [-0.2, -0.15) is 0 Å². The first-order valence-corrected chi connectivity index (χ1v) is 6.68. The van der Waals surface area contributed by atoms with Crippen LogP contribution in [0, 0.1) is 0 Å². The van der Waals surface area contributed by atoms with E-state index in [-0.39, 0.29) is 24.8 Å². The van der Waals surface area contributed by atoms with Crippen LogP contribution in [-0.2, 0) is 0 Å². The average molecular weight is 313 g/mol. The zero-order valence-electron chi connectivity index (χ0n) is 12.6. The Kier molecular flexibility index (Phi) is 13.9. The van der Waals surface area contributed by atoms with E-state index in [9.17, 15) is 0 Å². The topological polar surface area (TPSA) is 0 Å². The van der Waals surface area contributed by atoms with Crippen molar-refractivity contribution in [2.45, 2.75) is 40.0 Å². The van der Waals surface area contributed by atoms with Crippen LogP contribution in [0.25, 0.3) is 0 Å². The van der Waals surface area contributed by atoms with E-state index < -0.39 is 0 Å². The van der Waals surface area contributed by atoms with Crippen LogP contribution >= 0.6 is 24.8 Å². The van der Waals surface area contributed by atoms with Gasteiger partial charge in [0.15, 0.2) is 0 Å². The fraction of sp³-hybridized carbons (Fsp3) is 0.333. The smallest absolute Gasteiger partial charge is 0.0160 e. The molecular formula is C18H26Cl2. The van der Waals surface area contributed by atoms with Gasteiger partial charge in [-0.1, -0.05) is 71.4 Å². The minimum Gasteiger partial charge on any atom is -0.147 e. The third-order valence-electron chi connectivity index (χ3n) is 2.87. The van der Waals surface area contributed by atoms with Crippen molar-refractivity contribution in [3.63, 3.8) is 0 Å². The van der Waals surface area contributed by atoms with Crippen molar-refractivity contribution in [1.29, 1.82) is 0 Å². The van der Waals surface area contributed by atoms with E-state index in [0.29, 0.717) is 0 Å². The summed E-state index contributed by atoms with van der Waals surface area (Å²) in [6.45, 7) is 6.34. The van der Waals surface area contributed by atoms with E-state index >= 15 is 0 Å². The van der Waals surface area contributed by atoms with Crippen LogP contribution in [0.1, 0.15) is 40.0 Å². The van der Waals surface area contributed by atoms with E-state index in [1.165, 1.54) is 16.7 Å². The Labute approximate surface area is 136 Å². The van der Waals surface area contributed by atoms with Gasteiger partial charge in [0.1, 0.15) is 0 Å². The molecule has 0 N–H and O–H groups in total. The van der Waals surface area contributed by atoms with Crippen LogP contribution < -0.4 is 0 Å². The van der Waals surface area contributed by atoms with Gasteiger partial charge in [0.2, 0.25) is 0 Å². The van der Waals surface area contributed by atoms with Crippen LogP contribution in [0.2, 0.25) is 0 Å². The molecule has 3 aliphatic carbocycles. The Morgan fingerprint density at radius 1 is 0.550 bits per heavy atom. The van der Waals surface area contributed by atoms with Gasteiger partial charge in [-0.05, 0) is 40.0 Å². The Hall–Kier alpha value is -0.980. The molecule has 20 heavy (non-hydrogen) atoms. The van der Waals surface area contributed by atoms with Crippen LogP contribution in [0.5, 0.6) is 0 Å². The maximum absolute atomic E-state index is 2.21. The highest BCUT2D eigenvalue weighted by molar-refractivity contribution is 5.85. The molecule has 3 aliphatic rings. The summed E-state index contributed by atoms with van der Waals surface area (Å²) in [5, 5.41) is 0. The van der Waals surface area contributed by atoms with Crippen LogP contribution in [0.3, 0.4) is 0 Å². The highest BCUT2D eigenvalue weighted by Crippen LogP contribution is 2.06. The summed E-state index contributed by atoms with van der Waals surface area (Å²) < 4.78 is 0. The number of hydrogen-bond donors (Lipinski definition) is 0. The Bertz CT molecular complexity index is 358. The van der Waals surface area contributed by atoms with Crippen molar-refractivity contribution in [3.05, 3.63) is 71.4 Å². The van der Waals surface area contributed by atoms with E-state index in [4.69, 9.17) is 0 Å². The molecule has 0 unspecified atom stereocenters. The first kappa shape index (κ1) is 21.3. The van der Waals surface area contributed by atoms with Gasteiger partial charge in [-0.15, -0.1) is 24.8 Å². The largest absolute Gasteiger partial charge is 0.147 e. The molecule has 0 aromatic rings. The predicted molar refractivity (Wildman–Crippen MR) is 97.0 cm³/mol. The second-order valence-corrected chi connectivity index (χ2v) is 4.76. The summed E-state index contributed by atoms with van der Waals surface area (Å²) in [6, 6.07) is 0. The number of rotatable bonds is 0. The lowest BCUT2D eigenvalue weighted by molar-refractivity contribution is 1.42. The van der Waals surface area contributed by atoms with Gasteiger partial charge in [-0.25, -0.2) is 0 Å². The minimum atomic E-state index is 0. The molecule has 0 bridgehead atoms. The molecule has 0 aromatic carbocycles. The Morgan fingerprint density at radius 2 is 0.800 bits per heavy atom. The van der Waals surface area contributed by atoms with Gasteiger partial charge in [0, 0.05) is 0 Å². The standard InChI is InChI=1S/3C6H8.2ClH/c3*1-6-4-2-3-5-6;;/h3*2,4-5H,3H2,1H3;2*1H. The Balaban J connectivity index is 0. The molecule has 0 saturated heterocycles. The van der Waals surface area contributed by atoms with Crippen LogP contribution in [0.4, 0.5) is 0 Å². The minimum absolute atomic E-state index is 0. The van der Waals surface area contributed by atoms with Crippen LogP contribution in [0.15, 0.2) is 71.4 Å². The highest BCUT2D eigenvalue weighted by Gasteiger charge is 1.85. The third kappa shape index (κ3) is 10.9. The fourth-order valence-electron chi connectivity index (χ4n) is 1.73. The molecule has 0 saturated carbocycles. The summed E-state index contributed by atoms with van der Waals surface area (Å²) in [5.74, 6) is 0. The van der Waals surface area contributed by atoms with Crippen molar-refractivity contribution >= 4 is 24.8 Å². The summed E-state index contributed by atoms with van der Waals surface area (Å²) in [4.78, 5) is 0. The molecule has 112 valence electrons. The molecule has 3 rings (SSSR count). The molecule has 0 spiro atoms. The SMILES string of the molecule is CC1=CCC=C1.CC1=CCC=C1.CC1=CCC=C1.Cl.Cl. The summed E-state index contributed by atoms with van der Waals surface area (Å²) in [6.07, 6.45) is 23.0. The maximum Gasteiger partial charge on any atom is -0.0160 e. The maximum atomic E-state index is 2.21. The second kappa shape index (κ2) is 13.0. The zero-order valence-corrected chi connectivity index (χ0v) is 14.3. The monoisotopic (exact) mass is 312 g/mol. The first-order valence-electron chi connectivity index (χ1n) is 6.68. The zero-order chi connectivity index (χ0) is 13.2. The molecule has 0 nitrogen and oxygen atoms in total. The van der Waals surface area contributed by atoms with Crippen molar-refractivity contribution in [1.82, 2.24) is 0 Å². The molecule has 0 amide bonds. The number of halogens is 2. The quantitative estimate of drug-likeness (QED) is 0.477. The molecule has 0 radical (unpaired) electrons. The molecule has 0 aromatic heterocycles. The second-order valence-electron chi connectivity index (χ2n) is 4.76. The predicted octanol–water partition coefficient (Wildman–Crippen LogP) is 6.52. The van der Waals surface area contributed by atoms with Crippen molar-refractivity contribution in [3.8, 4) is 0 Å². The molecule has 0 heterocycles. The molecule has 2 heteroatoms. The number of allylic oxidation sites excluding steroid dienone is 12.